The van der Waals surface area contributed by atoms with Gasteiger partial charge in [0, 0.05) is 0 Å². The van der Waals surface area contributed by atoms with E-state index in [1.807, 2.05) is 0 Å². The number of hydrogen-bond donors (Lipinski definition) is 1. The van der Waals surface area contributed by atoms with Gasteiger partial charge in [-0.1, -0.05) is 11.6 Å². The van der Waals surface area contributed by atoms with E-state index in [2.05, 4.69) is 4.18 Å². The number of allylic oxidation sites excluding steroid dienone is 1. The van der Waals surface area contributed by atoms with Crippen LogP contribution in [-0.4, -0.2) is 14.3 Å². The van der Waals surface area contributed by atoms with E-state index in [0.717, 1.165) is 0 Å². The molecule has 11 heavy (non-hydrogen) atoms. The van der Waals surface area contributed by atoms with Gasteiger partial charge in [-0.25, -0.2) is 4.72 Å². The minimum Gasteiger partial charge on any atom is -0.370 e. The highest BCUT2D eigenvalue weighted by Crippen LogP contribution is 2.17. The second kappa shape index (κ2) is 2.38. The average molecular weight is 201 g/mol. The Labute approximate surface area is 68.2 Å². The van der Waals surface area contributed by atoms with Crippen molar-refractivity contribution in [3.8, 4) is 0 Å². The van der Waals surface area contributed by atoms with E-state index in [1.165, 1.54) is 6.92 Å². The molecule has 0 aliphatic carbocycles. The molecule has 0 fully saturated rings. The van der Waals surface area contributed by atoms with Crippen LogP contribution in [0.5, 0.6) is 0 Å². The Bertz CT molecular complexity index is 330. The highest BCUT2D eigenvalue weighted by Gasteiger charge is 2.27. The summed E-state index contributed by atoms with van der Waals surface area (Å²) in [5, 5.41) is -0.250. The molecule has 0 saturated carbocycles. The standard InChI is InChI=1S/C4H4ClNO4S/c1-2-3(5)4(7)6-11(8,9)10-2/h1H3,(H,6,7)/i2+1,3+1,4+1. The van der Waals surface area contributed by atoms with Crippen molar-refractivity contribution in [2.45, 2.75) is 6.92 Å². The minimum atomic E-state index is -3.96. The van der Waals surface area contributed by atoms with Crippen LogP contribution in [-0.2, 0) is 19.3 Å². The van der Waals surface area contributed by atoms with Gasteiger partial charge in [0.25, 0.3) is 5.91 Å². The molecule has 0 aromatic rings. The van der Waals surface area contributed by atoms with Gasteiger partial charge in [-0.05, 0) is 6.92 Å². The molecule has 1 aliphatic rings. The Hall–Kier alpha value is -0.750. The zero-order valence-corrected chi connectivity index (χ0v) is 6.99. The number of amides is 1. The summed E-state index contributed by atoms with van der Waals surface area (Å²) in [6.45, 7) is 1.29. The molecular formula is C4H4ClNO4S. The first-order valence-corrected chi connectivity index (χ1v) is 4.34. The number of hydrogen-bond acceptors (Lipinski definition) is 4. The van der Waals surface area contributed by atoms with Gasteiger partial charge in [0.1, 0.15) is 10.8 Å². The van der Waals surface area contributed by atoms with Crippen molar-refractivity contribution >= 4 is 27.8 Å². The molecule has 0 saturated heterocycles. The van der Waals surface area contributed by atoms with E-state index in [4.69, 9.17) is 11.6 Å². The number of nitrogens with one attached hydrogen (secondary N) is 1. The van der Waals surface area contributed by atoms with Crippen LogP contribution in [0.2, 0.25) is 0 Å². The van der Waals surface area contributed by atoms with Gasteiger partial charge in [0.15, 0.2) is 0 Å². The molecule has 0 aromatic heterocycles. The Morgan fingerprint density at radius 2 is 2.09 bits per heavy atom. The zero-order valence-electron chi connectivity index (χ0n) is 5.42. The number of carbonyl (C=O) groups excluding carboxylic acids is 1. The number of carbonyl (C=O) groups is 1. The number of rotatable bonds is 0. The van der Waals surface area contributed by atoms with Crippen LogP contribution < -0.4 is 4.72 Å². The molecule has 7 heteroatoms. The van der Waals surface area contributed by atoms with Crippen molar-refractivity contribution in [3.05, 3.63) is 10.8 Å². The van der Waals surface area contributed by atoms with Crippen molar-refractivity contribution in [2.75, 3.05) is 0 Å². The van der Waals surface area contributed by atoms with Gasteiger partial charge < -0.3 is 4.18 Å². The lowest BCUT2D eigenvalue weighted by atomic mass is 11.2. The zero-order chi connectivity index (χ0) is 8.65. The first-order valence-electron chi connectivity index (χ1n) is 2.55. The fourth-order valence-corrected chi connectivity index (χ4v) is 1.51. The molecule has 5 nitrogen and oxygen atoms in total. The van der Waals surface area contributed by atoms with E-state index in [1.54, 1.807) is 4.72 Å². The third-order valence-corrected chi connectivity index (χ3v) is 2.30. The van der Waals surface area contributed by atoms with E-state index in [0.29, 0.717) is 0 Å². The Balaban J connectivity index is 3.14. The molecule has 1 rings (SSSR count). The lowest BCUT2D eigenvalue weighted by Gasteiger charge is -2.13. The average Bonchev–Trinajstić information content (AvgIpc) is 1.81. The van der Waals surface area contributed by atoms with Crippen LogP contribution in [0.3, 0.4) is 0 Å². The summed E-state index contributed by atoms with van der Waals surface area (Å²) < 4.78 is 26.9. The van der Waals surface area contributed by atoms with E-state index >= 15 is 0 Å². The van der Waals surface area contributed by atoms with Crippen molar-refractivity contribution in [1.82, 2.24) is 4.72 Å². The Morgan fingerprint density at radius 3 is 2.55 bits per heavy atom. The van der Waals surface area contributed by atoms with Gasteiger partial charge >= 0.3 is 10.3 Å². The van der Waals surface area contributed by atoms with Gasteiger partial charge in [-0.2, -0.15) is 8.42 Å². The maximum atomic E-state index is 10.7. The molecule has 0 radical (unpaired) electrons. The Kier molecular flexibility index (Phi) is 1.81. The molecule has 0 atom stereocenters. The monoisotopic (exact) mass is 200 g/mol. The van der Waals surface area contributed by atoms with E-state index < -0.39 is 16.2 Å². The minimum absolute atomic E-state index is 0.115. The molecular weight excluding hydrogens is 197 g/mol. The van der Waals surface area contributed by atoms with E-state index in [-0.39, 0.29) is 10.8 Å². The van der Waals surface area contributed by atoms with Gasteiger partial charge in [0.05, 0.1) is 0 Å². The topological polar surface area (TPSA) is 72.5 Å². The molecule has 1 aliphatic heterocycles. The fourth-order valence-electron chi connectivity index (χ4n) is 0.540. The van der Waals surface area contributed by atoms with Crippen molar-refractivity contribution in [1.29, 1.82) is 0 Å². The lowest BCUT2D eigenvalue weighted by Crippen LogP contribution is -2.36. The van der Waals surface area contributed by atoms with Gasteiger partial charge in [-0.15, -0.1) is 0 Å². The van der Waals surface area contributed by atoms with Crippen LogP contribution >= 0.6 is 11.6 Å². The summed E-state index contributed by atoms with van der Waals surface area (Å²) in [5.41, 5.74) is 0. The van der Waals surface area contributed by atoms with Crippen molar-refractivity contribution in [2.24, 2.45) is 0 Å². The summed E-state index contributed by atoms with van der Waals surface area (Å²) in [6, 6.07) is 0. The highest BCUT2D eigenvalue weighted by atomic mass is 35.5. The predicted octanol–water partition coefficient (Wildman–Crippen LogP) is -0.152. The van der Waals surface area contributed by atoms with E-state index in [9.17, 15) is 13.2 Å². The van der Waals surface area contributed by atoms with Crippen LogP contribution in [0.15, 0.2) is 10.8 Å². The molecule has 0 unspecified atom stereocenters. The molecule has 0 spiro atoms. The van der Waals surface area contributed by atoms with Crippen molar-refractivity contribution < 1.29 is 17.4 Å². The first kappa shape index (κ1) is 8.35. The van der Waals surface area contributed by atoms with Crippen LogP contribution in [0, 0.1) is 0 Å². The molecule has 1 N–H and O–H groups in total. The van der Waals surface area contributed by atoms with Crippen LogP contribution in [0.25, 0.3) is 0 Å². The third kappa shape index (κ3) is 1.63. The smallest absolute Gasteiger partial charge is 0.370 e. The maximum Gasteiger partial charge on any atom is 0.409 e. The second-order valence-electron chi connectivity index (χ2n) is 1.84. The summed E-state index contributed by atoms with van der Waals surface area (Å²) in [5.74, 6) is -0.981. The molecule has 1 heterocycles. The summed E-state index contributed by atoms with van der Waals surface area (Å²) in [4.78, 5) is 10.7. The van der Waals surface area contributed by atoms with Crippen LogP contribution in [0.1, 0.15) is 6.92 Å². The third-order valence-electron chi connectivity index (χ3n) is 0.961. The summed E-state index contributed by atoms with van der Waals surface area (Å²) >= 11 is 5.32. The summed E-state index contributed by atoms with van der Waals surface area (Å²) in [7, 11) is -3.96. The largest absolute Gasteiger partial charge is 0.409 e. The lowest BCUT2D eigenvalue weighted by molar-refractivity contribution is -0.115. The number of halogens is 1. The first-order chi connectivity index (χ1) is 4.92. The molecule has 62 valence electrons. The van der Waals surface area contributed by atoms with Crippen molar-refractivity contribution in [3.63, 3.8) is 0 Å². The maximum absolute atomic E-state index is 10.7. The normalized spacial score (nSPS) is 22.5. The Morgan fingerprint density at radius 1 is 1.55 bits per heavy atom. The highest BCUT2D eigenvalue weighted by molar-refractivity contribution is 7.85. The molecule has 1 amide bonds. The molecule has 0 bridgehead atoms. The van der Waals surface area contributed by atoms with Crippen LogP contribution in [0.4, 0.5) is 0 Å². The molecule has 0 aromatic carbocycles. The fraction of sp³-hybridized carbons (Fsp3) is 0.250. The SMILES string of the molecule is C[13C]1=[13C](Cl)[13C](=O)NS(=O)(=O)O1. The van der Waals surface area contributed by atoms with Gasteiger partial charge in [-0.3, -0.25) is 4.79 Å². The van der Waals surface area contributed by atoms with Gasteiger partial charge in [0.2, 0.25) is 0 Å². The summed E-state index contributed by atoms with van der Waals surface area (Å²) in [6.07, 6.45) is 0. The quantitative estimate of drug-likeness (QED) is 0.552. The second-order valence-corrected chi connectivity index (χ2v) is 3.50. The predicted molar refractivity (Wildman–Crippen MR) is 36.7 cm³/mol.